The van der Waals surface area contributed by atoms with E-state index in [2.05, 4.69) is 42.5 Å². The van der Waals surface area contributed by atoms with Crippen LogP contribution >= 0.6 is 0 Å². The van der Waals surface area contributed by atoms with Gasteiger partial charge in [0.1, 0.15) is 5.60 Å². The Morgan fingerprint density at radius 1 is 1.08 bits per heavy atom. The molecule has 1 aliphatic heterocycles. The molecule has 1 amide bonds. The lowest BCUT2D eigenvalue weighted by Gasteiger charge is -2.36. The van der Waals surface area contributed by atoms with Crippen LogP contribution in [0.5, 0.6) is 0 Å². The molecule has 0 aliphatic carbocycles. The molecule has 25 heavy (non-hydrogen) atoms. The molecule has 3 heteroatoms. The Labute approximate surface area is 149 Å². The van der Waals surface area contributed by atoms with Crippen molar-refractivity contribution in [3.63, 3.8) is 0 Å². The summed E-state index contributed by atoms with van der Waals surface area (Å²) in [6, 6.07) is 18.4. The average Bonchev–Trinajstić information content (AvgIpc) is 2.59. The number of nitrogens with zero attached hydrogens (tertiary/aromatic N) is 1. The van der Waals surface area contributed by atoms with E-state index in [4.69, 9.17) is 4.74 Å². The van der Waals surface area contributed by atoms with E-state index in [0.29, 0.717) is 6.54 Å². The van der Waals surface area contributed by atoms with E-state index in [1.807, 2.05) is 49.9 Å². The smallest absolute Gasteiger partial charge is 0.411 e. The first-order chi connectivity index (χ1) is 11.9. The molecule has 0 radical (unpaired) electrons. The third-order valence-electron chi connectivity index (χ3n) is 4.23. The first-order valence-electron chi connectivity index (χ1n) is 8.75. The summed E-state index contributed by atoms with van der Waals surface area (Å²) in [5.74, 6) is 0. The molecule has 0 fully saturated rings. The third-order valence-corrected chi connectivity index (χ3v) is 4.23. The molecule has 0 saturated heterocycles. The monoisotopic (exact) mass is 335 g/mol. The first-order valence-corrected chi connectivity index (χ1v) is 8.75. The van der Waals surface area contributed by atoms with E-state index >= 15 is 0 Å². The molecule has 0 bridgehead atoms. The molecule has 3 rings (SSSR count). The van der Waals surface area contributed by atoms with E-state index in [1.54, 1.807) is 0 Å². The lowest BCUT2D eigenvalue weighted by Crippen LogP contribution is -2.42. The van der Waals surface area contributed by atoms with Crippen LogP contribution in [-0.2, 0) is 11.2 Å². The molecule has 3 nitrogen and oxygen atoms in total. The standard InChI is InChI=1S/C22H25NO2/c1-22(2,3)25-21(24)23-16-15-18-11-7-8-12-19(18)20(23)14-13-17-9-5-4-6-10-17/h4-14,20H,15-16H2,1-3H3/b14-13+/t20-/m0/s1. The van der Waals surface area contributed by atoms with Crippen molar-refractivity contribution < 1.29 is 9.53 Å². The molecule has 0 saturated carbocycles. The third kappa shape index (κ3) is 4.30. The minimum Gasteiger partial charge on any atom is -0.444 e. The largest absolute Gasteiger partial charge is 0.444 e. The number of ether oxygens (including phenoxy) is 1. The van der Waals surface area contributed by atoms with Crippen LogP contribution in [0, 0.1) is 0 Å². The number of rotatable bonds is 2. The van der Waals surface area contributed by atoms with Gasteiger partial charge in [0.15, 0.2) is 0 Å². The number of hydrogen-bond donors (Lipinski definition) is 0. The van der Waals surface area contributed by atoms with Gasteiger partial charge in [-0.1, -0.05) is 66.7 Å². The van der Waals surface area contributed by atoms with Gasteiger partial charge in [-0.3, -0.25) is 4.90 Å². The minimum absolute atomic E-state index is 0.111. The predicted molar refractivity (Wildman–Crippen MR) is 101 cm³/mol. The minimum atomic E-state index is -0.498. The van der Waals surface area contributed by atoms with Crippen LogP contribution in [0.2, 0.25) is 0 Å². The van der Waals surface area contributed by atoms with Gasteiger partial charge in [-0.2, -0.15) is 0 Å². The highest BCUT2D eigenvalue weighted by Crippen LogP contribution is 2.32. The fraction of sp³-hybridized carbons (Fsp3) is 0.318. The van der Waals surface area contributed by atoms with E-state index < -0.39 is 5.60 Å². The highest BCUT2D eigenvalue weighted by molar-refractivity contribution is 5.70. The zero-order chi connectivity index (χ0) is 17.9. The lowest BCUT2D eigenvalue weighted by atomic mass is 9.92. The SMILES string of the molecule is CC(C)(C)OC(=O)N1CCc2ccccc2[C@@H]1/C=C/c1ccccc1. The molecule has 1 heterocycles. The van der Waals surface area contributed by atoms with Gasteiger partial charge in [0.05, 0.1) is 6.04 Å². The molecule has 130 valence electrons. The summed E-state index contributed by atoms with van der Waals surface area (Å²) in [5, 5.41) is 0. The van der Waals surface area contributed by atoms with Gasteiger partial charge in [-0.15, -0.1) is 0 Å². The molecule has 0 N–H and O–H groups in total. The average molecular weight is 335 g/mol. The zero-order valence-electron chi connectivity index (χ0n) is 15.1. The van der Waals surface area contributed by atoms with Crippen LogP contribution in [0.3, 0.4) is 0 Å². The van der Waals surface area contributed by atoms with Crippen molar-refractivity contribution in [3.8, 4) is 0 Å². The Morgan fingerprint density at radius 3 is 2.48 bits per heavy atom. The number of hydrogen-bond acceptors (Lipinski definition) is 2. The summed E-state index contributed by atoms with van der Waals surface area (Å²) in [6.45, 7) is 6.36. The van der Waals surface area contributed by atoms with Crippen molar-refractivity contribution >= 4 is 12.2 Å². The maximum absolute atomic E-state index is 12.7. The van der Waals surface area contributed by atoms with Crippen molar-refractivity contribution in [2.75, 3.05) is 6.54 Å². The van der Waals surface area contributed by atoms with E-state index in [-0.39, 0.29) is 12.1 Å². The molecule has 0 unspecified atom stereocenters. The highest BCUT2D eigenvalue weighted by Gasteiger charge is 2.31. The van der Waals surface area contributed by atoms with E-state index in [0.717, 1.165) is 12.0 Å². The molecule has 2 aromatic carbocycles. The molecule has 1 aliphatic rings. The number of carbonyl (C=O) groups excluding carboxylic acids is 1. The molecule has 2 aromatic rings. The maximum atomic E-state index is 12.7. The molecule has 0 spiro atoms. The van der Waals surface area contributed by atoms with Gasteiger partial charge < -0.3 is 4.74 Å². The summed E-state index contributed by atoms with van der Waals surface area (Å²) in [6.07, 6.45) is 4.76. The quantitative estimate of drug-likeness (QED) is 0.751. The maximum Gasteiger partial charge on any atom is 0.411 e. The Bertz CT molecular complexity index is 759. The number of amides is 1. The van der Waals surface area contributed by atoms with Gasteiger partial charge in [0.25, 0.3) is 0 Å². The normalized spacial score (nSPS) is 17.4. The van der Waals surface area contributed by atoms with Crippen LogP contribution in [0.1, 0.15) is 43.5 Å². The van der Waals surface area contributed by atoms with E-state index in [9.17, 15) is 4.79 Å². The number of carbonyl (C=O) groups is 1. The lowest BCUT2D eigenvalue weighted by molar-refractivity contribution is 0.0185. The summed E-state index contributed by atoms with van der Waals surface area (Å²) < 4.78 is 5.63. The Balaban J connectivity index is 1.92. The fourth-order valence-corrected chi connectivity index (χ4v) is 3.10. The van der Waals surface area contributed by atoms with Crippen molar-refractivity contribution in [3.05, 3.63) is 77.4 Å². The van der Waals surface area contributed by atoms with Crippen molar-refractivity contribution in [2.24, 2.45) is 0 Å². The number of fused-ring (bicyclic) bond motifs is 1. The van der Waals surface area contributed by atoms with Crippen molar-refractivity contribution in [2.45, 2.75) is 38.8 Å². The zero-order valence-corrected chi connectivity index (χ0v) is 15.1. The number of benzene rings is 2. The molecular weight excluding hydrogens is 310 g/mol. The highest BCUT2D eigenvalue weighted by atomic mass is 16.6. The van der Waals surface area contributed by atoms with Gasteiger partial charge >= 0.3 is 6.09 Å². The van der Waals surface area contributed by atoms with Crippen LogP contribution in [0.4, 0.5) is 4.79 Å². The predicted octanol–water partition coefficient (Wildman–Crippen LogP) is 5.23. The second-order valence-corrected chi connectivity index (χ2v) is 7.34. The Kier molecular flexibility index (Phi) is 4.93. The summed E-state index contributed by atoms with van der Waals surface area (Å²) in [7, 11) is 0. The summed E-state index contributed by atoms with van der Waals surface area (Å²) in [4.78, 5) is 14.5. The molecular formula is C22H25NO2. The van der Waals surface area contributed by atoms with Crippen molar-refractivity contribution in [1.29, 1.82) is 0 Å². The van der Waals surface area contributed by atoms with Gasteiger partial charge in [-0.05, 0) is 43.9 Å². The topological polar surface area (TPSA) is 29.5 Å². The Morgan fingerprint density at radius 2 is 1.76 bits per heavy atom. The van der Waals surface area contributed by atoms with Crippen LogP contribution < -0.4 is 0 Å². The first kappa shape index (κ1) is 17.3. The van der Waals surface area contributed by atoms with Gasteiger partial charge in [0.2, 0.25) is 0 Å². The van der Waals surface area contributed by atoms with Crippen molar-refractivity contribution in [1.82, 2.24) is 4.90 Å². The second-order valence-electron chi connectivity index (χ2n) is 7.34. The van der Waals surface area contributed by atoms with E-state index in [1.165, 1.54) is 11.1 Å². The van der Waals surface area contributed by atoms with Gasteiger partial charge in [0, 0.05) is 6.54 Å². The van der Waals surface area contributed by atoms with Crippen LogP contribution in [-0.4, -0.2) is 23.1 Å². The summed E-state index contributed by atoms with van der Waals surface area (Å²) in [5.41, 5.74) is 3.09. The van der Waals surface area contributed by atoms with Crippen LogP contribution in [0.25, 0.3) is 6.08 Å². The Hall–Kier alpha value is -2.55. The fourth-order valence-electron chi connectivity index (χ4n) is 3.10. The van der Waals surface area contributed by atoms with Gasteiger partial charge in [-0.25, -0.2) is 4.79 Å². The molecule has 0 aromatic heterocycles. The summed E-state index contributed by atoms with van der Waals surface area (Å²) >= 11 is 0. The second kappa shape index (κ2) is 7.14. The molecule has 1 atom stereocenters. The van der Waals surface area contributed by atoms with Crippen LogP contribution in [0.15, 0.2) is 60.7 Å².